The Morgan fingerprint density at radius 2 is 1.86 bits per heavy atom. The number of aromatic amines is 1. The van der Waals surface area contributed by atoms with Gasteiger partial charge in [-0.25, -0.2) is 4.39 Å². The first-order valence-electron chi connectivity index (χ1n) is 9.15. The molecule has 1 saturated carbocycles. The second-order valence-electron chi connectivity index (χ2n) is 7.12. The molecule has 0 spiro atoms. The number of rotatable bonds is 6. The maximum atomic E-state index is 13.9. The SMILES string of the molecule is O=C(Nc1c[nH]c2ccc(OCCc3ccc(C(F)(F)F)cc3)cc12)C1(F)CC1. The highest BCUT2D eigenvalue weighted by atomic mass is 19.4. The van der Waals surface area contributed by atoms with E-state index in [2.05, 4.69) is 10.3 Å². The number of amides is 1. The number of benzene rings is 2. The van der Waals surface area contributed by atoms with Gasteiger partial charge in [-0.1, -0.05) is 12.1 Å². The molecule has 2 N–H and O–H groups in total. The van der Waals surface area contributed by atoms with Gasteiger partial charge in [-0.3, -0.25) is 4.79 Å². The minimum Gasteiger partial charge on any atom is -0.493 e. The third kappa shape index (κ3) is 4.21. The number of carbonyl (C=O) groups is 1. The zero-order valence-corrected chi connectivity index (χ0v) is 15.3. The van der Waals surface area contributed by atoms with E-state index in [1.807, 2.05) is 0 Å². The van der Waals surface area contributed by atoms with E-state index >= 15 is 0 Å². The lowest BCUT2D eigenvalue weighted by atomic mass is 10.1. The highest BCUT2D eigenvalue weighted by Crippen LogP contribution is 2.41. The summed E-state index contributed by atoms with van der Waals surface area (Å²) in [4.78, 5) is 14.9. The number of aromatic nitrogens is 1. The van der Waals surface area contributed by atoms with Crippen molar-refractivity contribution in [1.29, 1.82) is 0 Å². The smallest absolute Gasteiger partial charge is 0.416 e. The average molecular weight is 406 g/mol. The van der Waals surface area contributed by atoms with Crippen molar-refractivity contribution in [3.63, 3.8) is 0 Å². The number of halogens is 4. The molecule has 29 heavy (non-hydrogen) atoms. The van der Waals surface area contributed by atoms with Crippen molar-refractivity contribution in [1.82, 2.24) is 4.98 Å². The van der Waals surface area contributed by atoms with Crippen LogP contribution in [-0.4, -0.2) is 23.2 Å². The first-order valence-corrected chi connectivity index (χ1v) is 9.15. The van der Waals surface area contributed by atoms with Gasteiger partial charge in [0.15, 0.2) is 5.67 Å². The van der Waals surface area contributed by atoms with E-state index < -0.39 is 23.3 Å². The van der Waals surface area contributed by atoms with Crippen molar-refractivity contribution in [2.75, 3.05) is 11.9 Å². The first kappa shape index (κ1) is 19.3. The Hall–Kier alpha value is -3.03. The molecular formula is C21H18F4N2O2. The molecule has 1 aromatic heterocycles. The lowest BCUT2D eigenvalue weighted by molar-refractivity contribution is -0.137. The van der Waals surface area contributed by atoms with Crippen LogP contribution in [0.15, 0.2) is 48.7 Å². The van der Waals surface area contributed by atoms with E-state index in [-0.39, 0.29) is 19.4 Å². The molecule has 0 unspecified atom stereocenters. The zero-order valence-electron chi connectivity index (χ0n) is 15.3. The predicted molar refractivity (Wildman–Crippen MR) is 101 cm³/mol. The highest BCUT2D eigenvalue weighted by molar-refractivity contribution is 6.06. The van der Waals surface area contributed by atoms with Crippen molar-refractivity contribution in [3.8, 4) is 5.75 Å². The standard InChI is InChI=1S/C21H18F4N2O2/c22-20(8-9-20)19(28)27-18-12-26-17-6-5-15(11-16(17)18)29-10-7-13-1-3-14(4-2-13)21(23,24)25/h1-6,11-12,26H,7-10H2,(H,27,28). The molecule has 3 aromatic rings. The summed E-state index contributed by atoms with van der Waals surface area (Å²) in [5.41, 5.74) is -0.484. The number of fused-ring (bicyclic) bond motifs is 1. The van der Waals surface area contributed by atoms with E-state index in [0.29, 0.717) is 23.2 Å². The molecular weight excluding hydrogens is 388 g/mol. The van der Waals surface area contributed by atoms with Crippen molar-refractivity contribution in [3.05, 3.63) is 59.8 Å². The molecule has 0 saturated heterocycles. The summed E-state index contributed by atoms with van der Waals surface area (Å²) in [7, 11) is 0. The fourth-order valence-corrected chi connectivity index (χ4v) is 3.01. The van der Waals surface area contributed by atoms with Crippen molar-refractivity contribution >= 4 is 22.5 Å². The van der Waals surface area contributed by atoms with E-state index in [9.17, 15) is 22.4 Å². The molecule has 1 fully saturated rings. The summed E-state index contributed by atoms with van der Waals surface area (Å²) in [6.45, 7) is 0.274. The van der Waals surface area contributed by atoms with Gasteiger partial charge in [0.05, 0.1) is 17.9 Å². The van der Waals surface area contributed by atoms with Gasteiger partial charge in [0.25, 0.3) is 5.91 Å². The Labute approximate surface area is 163 Å². The topological polar surface area (TPSA) is 54.1 Å². The second-order valence-corrected chi connectivity index (χ2v) is 7.12. The number of alkyl halides is 4. The summed E-state index contributed by atoms with van der Waals surface area (Å²) >= 11 is 0. The molecule has 1 aliphatic rings. The molecule has 1 heterocycles. The summed E-state index contributed by atoms with van der Waals surface area (Å²) in [5, 5.41) is 3.29. The number of nitrogens with one attached hydrogen (secondary N) is 2. The van der Waals surface area contributed by atoms with E-state index in [0.717, 1.165) is 23.2 Å². The zero-order chi connectivity index (χ0) is 20.6. The average Bonchev–Trinajstić information content (AvgIpc) is 3.32. The van der Waals surface area contributed by atoms with Crippen LogP contribution in [0, 0.1) is 0 Å². The minimum absolute atomic E-state index is 0.236. The van der Waals surface area contributed by atoms with Crippen LogP contribution in [0.5, 0.6) is 5.75 Å². The molecule has 4 nitrogen and oxygen atoms in total. The van der Waals surface area contributed by atoms with Crippen molar-refractivity contribution < 1.29 is 27.1 Å². The first-order chi connectivity index (χ1) is 13.7. The fourth-order valence-electron chi connectivity index (χ4n) is 3.01. The summed E-state index contributed by atoms with van der Waals surface area (Å²) in [6, 6.07) is 10.2. The minimum atomic E-state index is -4.35. The number of anilines is 1. The van der Waals surface area contributed by atoms with Crippen LogP contribution in [-0.2, 0) is 17.4 Å². The molecule has 152 valence electrons. The maximum Gasteiger partial charge on any atom is 0.416 e. The van der Waals surface area contributed by atoms with Gasteiger partial charge in [0.2, 0.25) is 0 Å². The molecule has 0 radical (unpaired) electrons. The molecule has 4 rings (SSSR count). The normalized spacial score (nSPS) is 15.3. The van der Waals surface area contributed by atoms with Gasteiger partial charge >= 0.3 is 6.18 Å². The third-order valence-corrected chi connectivity index (χ3v) is 4.94. The molecule has 2 aromatic carbocycles. The van der Waals surface area contributed by atoms with Gasteiger partial charge < -0.3 is 15.0 Å². The summed E-state index contributed by atoms with van der Waals surface area (Å²) < 4.78 is 57.4. The maximum absolute atomic E-state index is 13.9. The number of hydrogen-bond acceptors (Lipinski definition) is 2. The largest absolute Gasteiger partial charge is 0.493 e. The van der Waals surface area contributed by atoms with Crippen molar-refractivity contribution in [2.24, 2.45) is 0 Å². The number of carbonyl (C=O) groups excluding carboxylic acids is 1. The molecule has 0 atom stereocenters. The number of H-pyrrole nitrogens is 1. The molecule has 0 aliphatic heterocycles. The van der Waals surface area contributed by atoms with E-state index in [1.165, 1.54) is 12.1 Å². The fraction of sp³-hybridized carbons (Fsp3) is 0.286. The Morgan fingerprint density at radius 1 is 1.14 bits per heavy atom. The predicted octanol–water partition coefficient (Wildman–Crippen LogP) is 5.25. The Morgan fingerprint density at radius 3 is 2.52 bits per heavy atom. The Bertz CT molecular complexity index is 1040. The quantitative estimate of drug-likeness (QED) is 0.550. The molecule has 1 amide bonds. The molecule has 1 aliphatic carbocycles. The van der Waals surface area contributed by atoms with Crippen LogP contribution < -0.4 is 10.1 Å². The second kappa shape index (κ2) is 7.09. The Balaban J connectivity index is 1.39. The van der Waals surface area contributed by atoms with Gasteiger partial charge in [-0.15, -0.1) is 0 Å². The number of ether oxygens (including phenoxy) is 1. The Kier molecular flexibility index (Phi) is 4.72. The van der Waals surface area contributed by atoms with Crippen LogP contribution in [0.25, 0.3) is 10.9 Å². The van der Waals surface area contributed by atoms with Crippen LogP contribution in [0.3, 0.4) is 0 Å². The van der Waals surface area contributed by atoms with Crippen LogP contribution in [0.4, 0.5) is 23.2 Å². The van der Waals surface area contributed by atoms with E-state index in [1.54, 1.807) is 24.4 Å². The number of hydrogen-bond donors (Lipinski definition) is 2. The van der Waals surface area contributed by atoms with Crippen LogP contribution in [0.1, 0.15) is 24.0 Å². The lowest BCUT2D eigenvalue weighted by Gasteiger charge is -2.10. The highest BCUT2D eigenvalue weighted by Gasteiger charge is 2.51. The van der Waals surface area contributed by atoms with Gasteiger partial charge in [-0.05, 0) is 48.7 Å². The van der Waals surface area contributed by atoms with Gasteiger partial charge in [-0.2, -0.15) is 13.2 Å². The van der Waals surface area contributed by atoms with Crippen LogP contribution in [0.2, 0.25) is 0 Å². The van der Waals surface area contributed by atoms with E-state index in [4.69, 9.17) is 4.74 Å². The van der Waals surface area contributed by atoms with Crippen molar-refractivity contribution in [2.45, 2.75) is 31.1 Å². The monoisotopic (exact) mass is 406 g/mol. The molecule has 0 bridgehead atoms. The van der Waals surface area contributed by atoms with Crippen LogP contribution >= 0.6 is 0 Å². The third-order valence-electron chi connectivity index (χ3n) is 4.94. The lowest BCUT2D eigenvalue weighted by Crippen LogP contribution is -2.25. The summed E-state index contributed by atoms with van der Waals surface area (Å²) in [6.07, 6.45) is -1.84. The molecule has 8 heteroatoms. The summed E-state index contributed by atoms with van der Waals surface area (Å²) in [5.74, 6) is -0.104. The van der Waals surface area contributed by atoms with Gasteiger partial charge in [0.1, 0.15) is 5.75 Å². The van der Waals surface area contributed by atoms with Gasteiger partial charge in [0, 0.05) is 23.5 Å².